The second-order valence-corrected chi connectivity index (χ2v) is 26.9. The highest BCUT2D eigenvalue weighted by Crippen LogP contribution is 2.33. The average Bonchev–Trinajstić information content (AvgIpc) is 3.86. The number of unbranched alkanes of at least 4 members (excludes halogenated alkanes) is 13. The maximum atomic E-state index is 11.7. The highest BCUT2D eigenvalue weighted by Gasteiger charge is 2.43. The Hall–Kier alpha value is -2.54. The van der Waals surface area contributed by atoms with E-state index in [9.17, 15) is 24.0 Å². The van der Waals surface area contributed by atoms with Crippen molar-refractivity contribution < 1.29 is 48.0 Å². The summed E-state index contributed by atoms with van der Waals surface area (Å²) in [6.45, 7) is 33.6. The van der Waals surface area contributed by atoms with Gasteiger partial charge in [0.25, 0.3) is 0 Å². The Balaban J connectivity index is 0. The number of aliphatic hydroxyl groups is 1. The van der Waals surface area contributed by atoms with Crippen LogP contribution in [-0.2, 0) is 38.1 Å². The van der Waals surface area contributed by atoms with Crippen LogP contribution in [0, 0.1) is 21.7 Å². The Morgan fingerprint density at radius 2 is 0.824 bits per heavy atom. The average molecular weight is 1070 g/mol. The lowest BCUT2D eigenvalue weighted by molar-refractivity contribution is -0.145. The zero-order valence-corrected chi connectivity index (χ0v) is 51.3. The van der Waals surface area contributed by atoms with Crippen LogP contribution in [0.15, 0.2) is 0 Å². The topological polar surface area (TPSA) is 167 Å². The van der Waals surface area contributed by atoms with Crippen LogP contribution in [0.2, 0.25) is 0 Å². The first-order valence-electron chi connectivity index (χ1n) is 29.6. The van der Waals surface area contributed by atoms with Gasteiger partial charge in [0.2, 0.25) is 0 Å². The lowest BCUT2D eigenvalue weighted by Gasteiger charge is -2.18. The number of aliphatic hydroxyl groups excluding tert-OH is 1. The molecule has 0 aromatic rings. The standard InChI is InChI=1S/C24H46O4.C15H26N2O3S.C15H30O3.C7H16/c1-5-6-7-8-9-12-17-22(25)27-20-15-10-13-18-23(26)28-21-16-11-14-19-24(2,3)4;1-15(2,3)7-4-8-20-12(18)6-5-11-13-10(9-21-11)16-14(19)17-13;1-15(2,3)11-7-5-9-13-18-14(17)10-6-4-8-12-16;1-5-6-7(2,3)4/h5-21H2,1-4H3;10-11,13H,4-9H2,1-3H3,(H2,16,17,19);16H,4-13H2,1-3H3;5-6H2,1-4H3/t;10-,11?,13-;;/m.0../s1. The number of fused-ring (bicyclic) bond motifs is 1. The molecule has 12 nitrogen and oxygen atoms in total. The van der Waals surface area contributed by atoms with E-state index in [1.165, 1.54) is 64.2 Å². The number of urea groups is 1. The molecule has 0 aliphatic carbocycles. The Labute approximate surface area is 459 Å². The summed E-state index contributed by atoms with van der Waals surface area (Å²) in [5.74, 6) is 0.528. The predicted octanol–water partition coefficient (Wildman–Crippen LogP) is 15.8. The molecule has 2 fully saturated rings. The van der Waals surface area contributed by atoms with Gasteiger partial charge in [0.1, 0.15) is 0 Å². The lowest BCUT2D eigenvalue weighted by atomic mass is 9.89. The quantitative estimate of drug-likeness (QED) is 0.0239. The van der Waals surface area contributed by atoms with E-state index in [2.05, 4.69) is 108 Å². The molecule has 3 N–H and O–H groups in total. The van der Waals surface area contributed by atoms with Crippen molar-refractivity contribution in [2.75, 3.05) is 38.8 Å². The van der Waals surface area contributed by atoms with Crippen molar-refractivity contribution in [3.05, 3.63) is 0 Å². The summed E-state index contributed by atoms with van der Waals surface area (Å²) >= 11 is 1.83. The zero-order chi connectivity index (χ0) is 56.3. The van der Waals surface area contributed by atoms with Crippen molar-refractivity contribution in [3.63, 3.8) is 0 Å². The summed E-state index contributed by atoms with van der Waals surface area (Å²) in [4.78, 5) is 57.6. The van der Waals surface area contributed by atoms with Crippen LogP contribution >= 0.6 is 11.8 Å². The van der Waals surface area contributed by atoms with Crippen molar-refractivity contribution in [2.45, 2.75) is 300 Å². The highest BCUT2D eigenvalue weighted by atomic mass is 32.2. The van der Waals surface area contributed by atoms with Crippen LogP contribution < -0.4 is 10.6 Å². The first-order chi connectivity index (χ1) is 34.7. The minimum absolute atomic E-state index is 0.0821. The highest BCUT2D eigenvalue weighted by molar-refractivity contribution is 8.00. The molecule has 0 saturated carbocycles. The third-order valence-corrected chi connectivity index (χ3v) is 14.1. The van der Waals surface area contributed by atoms with Crippen molar-refractivity contribution >= 4 is 41.7 Å². The number of hydrogen-bond acceptors (Lipinski definition) is 11. The van der Waals surface area contributed by atoms with Gasteiger partial charge in [-0.25, -0.2) is 4.79 Å². The largest absolute Gasteiger partial charge is 0.466 e. The van der Waals surface area contributed by atoms with Crippen molar-refractivity contribution in [1.82, 2.24) is 10.6 Å². The van der Waals surface area contributed by atoms with Gasteiger partial charge >= 0.3 is 29.9 Å². The van der Waals surface area contributed by atoms with Crippen LogP contribution in [0.5, 0.6) is 0 Å². The molecule has 2 heterocycles. The number of rotatable bonds is 35. The Kier molecular flexibility index (Phi) is 44.2. The van der Waals surface area contributed by atoms with E-state index in [-0.39, 0.29) is 54.0 Å². The van der Waals surface area contributed by atoms with Crippen molar-refractivity contribution in [2.24, 2.45) is 21.7 Å². The Bertz CT molecular complexity index is 1410. The maximum Gasteiger partial charge on any atom is 0.315 e. The van der Waals surface area contributed by atoms with Crippen LogP contribution in [0.3, 0.4) is 0 Å². The summed E-state index contributed by atoms with van der Waals surface area (Å²) in [7, 11) is 0. The van der Waals surface area contributed by atoms with Gasteiger partial charge in [0.15, 0.2) is 0 Å². The predicted molar refractivity (Wildman–Crippen MR) is 309 cm³/mol. The minimum atomic E-state index is -0.120. The van der Waals surface area contributed by atoms with E-state index in [0.29, 0.717) is 73.6 Å². The van der Waals surface area contributed by atoms with Crippen molar-refractivity contribution in [3.8, 4) is 0 Å². The molecule has 0 aromatic heterocycles. The van der Waals surface area contributed by atoms with Gasteiger partial charge in [-0.3, -0.25) is 19.2 Å². The molecule has 74 heavy (non-hydrogen) atoms. The monoisotopic (exact) mass is 1070 g/mol. The normalized spacial score (nSPS) is 16.2. The molecule has 0 radical (unpaired) electrons. The van der Waals surface area contributed by atoms with Gasteiger partial charge in [-0.15, -0.1) is 0 Å². The molecule has 13 heteroatoms. The molecule has 3 atom stereocenters. The van der Waals surface area contributed by atoms with Gasteiger partial charge in [-0.2, -0.15) is 11.8 Å². The summed E-state index contributed by atoms with van der Waals surface area (Å²) in [6, 6.07) is 0.298. The molecule has 2 aliphatic rings. The third-order valence-electron chi connectivity index (χ3n) is 12.6. The molecule has 2 saturated heterocycles. The first kappa shape index (κ1) is 73.5. The lowest BCUT2D eigenvalue weighted by Crippen LogP contribution is -2.37. The van der Waals surface area contributed by atoms with E-state index in [4.69, 9.17) is 24.1 Å². The first-order valence-corrected chi connectivity index (χ1v) is 30.7. The fourth-order valence-electron chi connectivity index (χ4n) is 8.31. The fourth-order valence-corrected chi connectivity index (χ4v) is 9.81. The minimum Gasteiger partial charge on any atom is -0.466 e. The van der Waals surface area contributed by atoms with Crippen LogP contribution in [0.4, 0.5) is 4.79 Å². The molecule has 2 amide bonds. The maximum absolute atomic E-state index is 11.7. The number of ether oxygens (including phenoxy) is 4. The number of carbonyl (C=O) groups excluding carboxylic acids is 5. The molecule has 0 spiro atoms. The van der Waals surface area contributed by atoms with E-state index in [1.807, 2.05) is 11.8 Å². The number of esters is 4. The number of nitrogens with one attached hydrogen (secondary N) is 2. The van der Waals surface area contributed by atoms with Gasteiger partial charge in [0.05, 0.1) is 38.5 Å². The van der Waals surface area contributed by atoms with E-state index < -0.39 is 0 Å². The summed E-state index contributed by atoms with van der Waals surface area (Å²) in [5.41, 5.74) is 1.63. The van der Waals surface area contributed by atoms with E-state index >= 15 is 0 Å². The Morgan fingerprint density at radius 3 is 1.23 bits per heavy atom. The SMILES string of the molecule is CC(C)(C)CCCCCOC(=O)CCCCCO.CC(C)(C)CCCOC(=O)CCC1SC[C@@H]2NC(=O)N[C@H]12.CCCC(C)(C)C.CCCCCCCCC(=O)OCCCCCC(=O)OCCCCCC(C)(C)C. The van der Waals surface area contributed by atoms with Gasteiger partial charge < -0.3 is 34.7 Å². The van der Waals surface area contributed by atoms with Gasteiger partial charge in [-0.05, 0) is 112 Å². The molecule has 0 bridgehead atoms. The summed E-state index contributed by atoms with van der Waals surface area (Å²) in [6.07, 6.45) is 28.4. The summed E-state index contributed by atoms with van der Waals surface area (Å²) < 4.78 is 21.0. The van der Waals surface area contributed by atoms with E-state index in [0.717, 1.165) is 102 Å². The van der Waals surface area contributed by atoms with Crippen LogP contribution in [0.25, 0.3) is 0 Å². The second kappa shape index (κ2) is 44.4. The second-order valence-electron chi connectivity index (χ2n) is 25.6. The molecule has 0 aromatic carbocycles. The number of carbonyl (C=O) groups is 5. The molecule has 1 unspecified atom stereocenters. The molecule has 2 rings (SSSR count). The molecular weight excluding hydrogens is 953 g/mol. The fraction of sp³-hybridized carbons (Fsp3) is 0.918. The number of thioether (sulfide) groups is 1. The third kappa shape index (κ3) is 52.9. The van der Waals surface area contributed by atoms with Crippen molar-refractivity contribution in [1.29, 1.82) is 0 Å². The van der Waals surface area contributed by atoms with Crippen LogP contribution in [0.1, 0.15) is 283 Å². The summed E-state index contributed by atoms with van der Waals surface area (Å²) in [5, 5.41) is 14.8. The molecule has 2 aliphatic heterocycles. The van der Waals surface area contributed by atoms with E-state index in [1.54, 1.807) is 0 Å². The molecular formula is C61H118N2O10S. The number of amides is 2. The van der Waals surface area contributed by atoms with Gasteiger partial charge in [-0.1, -0.05) is 168 Å². The smallest absolute Gasteiger partial charge is 0.315 e. The number of hydrogen-bond donors (Lipinski definition) is 3. The molecule has 438 valence electrons. The Morgan fingerprint density at radius 1 is 0.459 bits per heavy atom. The van der Waals surface area contributed by atoms with Crippen LogP contribution in [-0.4, -0.2) is 91.1 Å². The van der Waals surface area contributed by atoms with Gasteiger partial charge in [0, 0.05) is 43.3 Å². The zero-order valence-electron chi connectivity index (χ0n) is 50.5.